The standard InChI is InChI=1S/C14H15BrFN3S.HI/c1-17-14(19-9-12-3-2-6-20-12)18-8-10-7-11(15)4-5-13(10)16;/h2-7H,8-9H2,1H3,(H2,17,18,19);1H. The number of halogens is 3. The molecule has 0 fully saturated rings. The molecule has 0 radical (unpaired) electrons. The number of thiophene rings is 1. The van der Waals surface area contributed by atoms with Crippen molar-refractivity contribution in [1.82, 2.24) is 10.6 Å². The smallest absolute Gasteiger partial charge is 0.191 e. The van der Waals surface area contributed by atoms with Crippen molar-refractivity contribution in [1.29, 1.82) is 0 Å². The molecule has 0 atom stereocenters. The minimum atomic E-state index is -0.227. The lowest BCUT2D eigenvalue weighted by molar-refractivity contribution is 0.604. The molecule has 114 valence electrons. The Bertz CT molecular complexity index is 590. The molecular formula is C14H16BrFIN3S. The molecule has 0 amide bonds. The molecule has 0 aliphatic heterocycles. The van der Waals surface area contributed by atoms with E-state index in [0.717, 1.165) is 4.47 Å². The van der Waals surface area contributed by atoms with Crippen molar-refractivity contribution in [2.75, 3.05) is 7.05 Å². The SMILES string of the molecule is CN=C(NCc1cccs1)NCc1cc(Br)ccc1F.I. The first kappa shape index (κ1) is 18.4. The predicted molar refractivity (Wildman–Crippen MR) is 101 cm³/mol. The highest BCUT2D eigenvalue weighted by Gasteiger charge is 2.04. The van der Waals surface area contributed by atoms with Crippen molar-refractivity contribution in [3.63, 3.8) is 0 Å². The summed E-state index contributed by atoms with van der Waals surface area (Å²) in [4.78, 5) is 5.34. The third kappa shape index (κ3) is 5.91. The topological polar surface area (TPSA) is 36.4 Å². The van der Waals surface area contributed by atoms with E-state index in [9.17, 15) is 4.39 Å². The van der Waals surface area contributed by atoms with Gasteiger partial charge in [-0.15, -0.1) is 35.3 Å². The molecule has 0 bridgehead atoms. The summed E-state index contributed by atoms with van der Waals surface area (Å²) < 4.78 is 14.5. The summed E-state index contributed by atoms with van der Waals surface area (Å²) in [6.45, 7) is 1.09. The molecule has 21 heavy (non-hydrogen) atoms. The lowest BCUT2D eigenvalue weighted by Gasteiger charge is -2.12. The molecular weight excluding hydrogens is 468 g/mol. The predicted octanol–water partition coefficient (Wildman–Crippen LogP) is 4.13. The quantitative estimate of drug-likeness (QED) is 0.389. The fourth-order valence-corrected chi connectivity index (χ4v) is 2.72. The molecule has 2 aromatic rings. The highest BCUT2D eigenvalue weighted by atomic mass is 127. The number of hydrogen-bond acceptors (Lipinski definition) is 2. The first-order valence-electron chi connectivity index (χ1n) is 6.10. The summed E-state index contributed by atoms with van der Waals surface area (Å²) in [5.74, 6) is 0.423. The molecule has 0 aliphatic carbocycles. The summed E-state index contributed by atoms with van der Waals surface area (Å²) in [5.41, 5.74) is 0.596. The molecule has 0 saturated carbocycles. The van der Waals surface area contributed by atoms with Crippen molar-refractivity contribution in [2.45, 2.75) is 13.1 Å². The zero-order chi connectivity index (χ0) is 14.4. The van der Waals surface area contributed by atoms with Gasteiger partial charge in [0.15, 0.2) is 5.96 Å². The van der Waals surface area contributed by atoms with Crippen LogP contribution >= 0.6 is 51.2 Å². The van der Waals surface area contributed by atoms with Crippen molar-refractivity contribution in [3.05, 3.63) is 56.4 Å². The number of rotatable bonds is 4. The van der Waals surface area contributed by atoms with Crippen LogP contribution in [0.2, 0.25) is 0 Å². The van der Waals surface area contributed by atoms with Crippen molar-refractivity contribution in [2.24, 2.45) is 4.99 Å². The second-order valence-electron chi connectivity index (χ2n) is 4.09. The molecule has 0 saturated heterocycles. The van der Waals surface area contributed by atoms with Gasteiger partial charge in [0.25, 0.3) is 0 Å². The van der Waals surface area contributed by atoms with Gasteiger partial charge in [0.2, 0.25) is 0 Å². The largest absolute Gasteiger partial charge is 0.352 e. The second-order valence-corrected chi connectivity index (χ2v) is 6.04. The molecule has 2 N–H and O–H groups in total. The molecule has 1 aromatic carbocycles. The number of guanidine groups is 1. The van der Waals surface area contributed by atoms with Gasteiger partial charge in [0.05, 0.1) is 6.54 Å². The number of hydrogen-bond donors (Lipinski definition) is 2. The number of aliphatic imine (C=N–C) groups is 1. The van der Waals surface area contributed by atoms with Crippen LogP contribution in [0.4, 0.5) is 4.39 Å². The summed E-state index contributed by atoms with van der Waals surface area (Å²) in [6, 6.07) is 8.95. The first-order chi connectivity index (χ1) is 9.69. The molecule has 3 nitrogen and oxygen atoms in total. The van der Waals surface area contributed by atoms with Gasteiger partial charge < -0.3 is 10.6 Å². The van der Waals surface area contributed by atoms with Gasteiger partial charge in [0.1, 0.15) is 5.82 Å². The lowest BCUT2D eigenvalue weighted by atomic mass is 10.2. The zero-order valence-corrected chi connectivity index (χ0v) is 16.1. The van der Waals surface area contributed by atoms with Gasteiger partial charge in [0, 0.05) is 28.5 Å². The third-order valence-electron chi connectivity index (χ3n) is 2.69. The fraction of sp³-hybridized carbons (Fsp3) is 0.214. The maximum Gasteiger partial charge on any atom is 0.191 e. The molecule has 0 unspecified atom stereocenters. The third-order valence-corrected chi connectivity index (χ3v) is 4.06. The Kier molecular flexibility index (Phi) is 8.20. The summed E-state index contributed by atoms with van der Waals surface area (Å²) >= 11 is 5.02. The van der Waals surface area contributed by atoms with Crippen LogP contribution < -0.4 is 10.6 Å². The van der Waals surface area contributed by atoms with E-state index in [1.807, 2.05) is 11.4 Å². The highest BCUT2D eigenvalue weighted by molar-refractivity contribution is 14.0. The van der Waals surface area contributed by atoms with Crippen LogP contribution in [0.5, 0.6) is 0 Å². The Morgan fingerprint density at radius 3 is 2.71 bits per heavy atom. The molecule has 0 spiro atoms. The maximum absolute atomic E-state index is 13.6. The van der Waals surface area contributed by atoms with Gasteiger partial charge >= 0.3 is 0 Å². The van der Waals surface area contributed by atoms with Crippen molar-refractivity contribution < 1.29 is 4.39 Å². The van der Waals surface area contributed by atoms with E-state index in [1.165, 1.54) is 10.9 Å². The van der Waals surface area contributed by atoms with Crippen LogP contribution in [-0.4, -0.2) is 13.0 Å². The minimum Gasteiger partial charge on any atom is -0.352 e. The van der Waals surface area contributed by atoms with E-state index in [0.29, 0.717) is 24.6 Å². The fourth-order valence-electron chi connectivity index (χ4n) is 1.66. The summed E-state index contributed by atoms with van der Waals surface area (Å²) in [5, 5.41) is 8.32. The first-order valence-corrected chi connectivity index (χ1v) is 7.77. The van der Waals surface area contributed by atoms with Crippen LogP contribution in [0.25, 0.3) is 0 Å². The average molecular weight is 484 g/mol. The van der Waals surface area contributed by atoms with Crippen molar-refractivity contribution in [3.8, 4) is 0 Å². The lowest BCUT2D eigenvalue weighted by Crippen LogP contribution is -2.36. The van der Waals surface area contributed by atoms with E-state index in [4.69, 9.17) is 0 Å². The van der Waals surface area contributed by atoms with Crippen LogP contribution in [-0.2, 0) is 13.1 Å². The van der Waals surface area contributed by atoms with Crippen molar-refractivity contribution >= 4 is 57.2 Å². The van der Waals surface area contributed by atoms with E-state index in [-0.39, 0.29) is 29.8 Å². The normalized spacial score (nSPS) is 10.9. The van der Waals surface area contributed by atoms with Gasteiger partial charge in [-0.05, 0) is 29.6 Å². The Hall–Kier alpha value is -0.670. The van der Waals surface area contributed by atoms with Crippen LogP contribution in [0, 0.1) is 5.82 Å². The van der Waals surface area contributed by atoms with Crippen LogP contribution in [0.3, 0.4) is 0 Å². The van der Waals surface area contributed by atoms with Crippen LogP contribution in [0.15, 0.2) is 45.2 Å². The minimum absolute atomic E-state index is 0. The average Bonchev–Trinajstić information content (AvgIpc) is 2.96. The number of nitrogens with zero attached hydrogens (tertiary/aromatic N) is 1. The Labute approximate surface area is 153 Å². The van der Waals surface area contributed by atoms with Gasteiger partial charge in [-0.25, -0.2) is 4.39 Å². The van der Waals surface area contributed by atoms with E-state index >= 15 is 0 Å². The Morgan fingerprint density at radius 2 is 2.05 bits per heavy atom. The maximum atomic E-state index is 13.6. The molecule has 7 heteroatoms. The van der Waals surface area contributed by atoms with E-state index in [2.05, 4.69) is 37.6 Å². The zero-order valence-electron chi connectivity index (χ0n) is 11.4. The summed E-state index contributed by atoms with van der Waals surface area (Å²) in [6.07, 6.45) is 0. The molecule has 0 aliphatic rings. The summed E-state index contributed by atoms with van der Waals surface area (Å²) in [7, 11) is 1.70. The Morgan fingerprint density at radius 1 is 1.29 bits per heavy atom. The van der Waals surface area contributed by atoms with Gasteiger partial charge in [-0.1, -0.05) is 22.0 Å². The van der Waals surface area contributed by atoms with E-state index < -0.39 is 0 Å². The number of benzene rings is 1. The second kappa shape index (κ2) is 9.37. The van der Waals surface area contributed by atoms with Gasteiger partial charge in [-0.2, -0.15) is 0 Å². The van der Waals surface area contributed by atoms with Gasteiger partial charge in [-0.3, -0.25) is 4.99 Å². The number of nitrogens with one attached hydrogen (secondary N) is 2. The Balaban J connectivity index is 0.00000220. The monoisotopic (exact) mass is 483 g/mol. The molecule has 2 rings (SSSR count). The van der Waals surface area contributed by atoms with Crippen LogP contribution in [0.1, 0.15) is 10.4 Å². The molecule has 1 heterocycles. The highest BCUT2D eigenvalue weighted by Crippen LogP contribution is 2.15. The van der Waals surface area contributed by atoms with E-state index in [1.54, 1.807) is 30.5 Å². The molecule has 1 aromatic heterocycles.